The van der Waals surface area contributed by atoms with E-state index >= 15 is 0 Å². The Labute approximate surface area is 173 Å². The summed E-state index contributed by atoms with van der Waals surface area (Å²) in [5.41, 5.74) is 2.63. The average Bonchev–Trinajstić information content (AvgIpc) is 3.09. The fourth-order valence-electron chi connectivity index (χ4n) is 2.51. The SMILES string of the molecule is Cc1cc(Cl)ccc1OCC(=O)Nc1nc(-c2ccc(OC(C)C)cc2)cs1. The first-order valence-electron chi connectivity index (χ1n) is 8.82. The molecule has 1 amide bonds. The average molecular weight is 417 g/mol. The lowest BCUT2D eigenvalue weighted by molar-refractivity contribution is -0.118. The monoisotopic (exact) mass is 416 g/mol. The molecule has 0 atom stereocenters. The number of aryl methyl sites for hydroxylation is 1. The first-order chi connectivity index (χ1) is 13.4. The van der Waals surface area contributed by atoms with Crippen LogP contribution < -0.4 is 14.8 Å². The van der Waals surface area contributed by atoms with Crippen LogP contribution in [-0.2, 0) is 4.79 Å². The second kappa shape index (κ2) is 9.08. The minimum atomic E-state index is -0.268. The zero-order chi connectivity index (χ0) is 20.1. The largest absolute Gasteiger partial charge is 0.491 e. The van der Waals surface area contributed by atoms with Gasteiger partial charge in [-0.15, -0.1) is 11.3 Å². The number of rotatable bonds is 7. The van der Waals surface area contributed by atoms with Crippen molar-refractivity contribution in [2.24, 2.45) is 0 Å². The summed E-state index contributed by atoms with van der Waals surface area (Å²) in [4.78, 5) is 16.6. The van der Waals surface area contributed by atoms with Gasteiger partial charge in [-0.25, -0.2) is 4.98 Å². The maximum atomic E-state index is 12.1. The number of benzene rings is 2. The van der Waals surface area contributed by atoms with Crippen LogP contribution in [0.5, 0.6) is 11.5 Å². The normalized spacial score (nSPS) is 10.8. The number of carbonyl (C=O) groups is 1. The van der Waals surface area contributed by atoms with Crippen molar-refractivity contribution in [3.8, 4) is 22.8 Å². The number of anilines is 1. The van der Waals surface area contributed by atoms with Crippen molar-refractivity contribution < 1.29 is 14.3 Å². The molecule has 3 aromatic rings. The third kappa shape index (κ3) is 5.47. The van der Waals surface area contributed by atoms with Gasteiger partial charge in [0, 0.05) is 16.0 Å². The molecule has 28 heavy (non-hydrogen) atoms. The van der Waals surface area contributed by atoms with Crippen molar-refractivity contribution in [2.45, 2.75) is 26.9 Å². The Bertz CT molecular complexity index is 955. The number of ether oxygens (including phenoxy) is 2. The van der Waals surface area contributed by atoms with Gasteiger partial charge in [0.05, 0.1) is 11.8 Å². The van der Waals surface area contributed by atoms with Crippen molar-refractivity contribution in [3.63, 3.8) is 0 Å². The molecule has 0 fully saturated rings. The summed E-state index contributed by atoms with van der Waals surface area (Å²) >= 11 is 7.29. The van der Waals surface area contributed by atoms with E-state index in [4.69, 9.17) is 21.1 Å². The number of nitrogens with one attached hydrogen (secondary N) is 1. The van der Waals surface area contributed by atoms with Crippen LogP contribution in [0, 0.1) is 6.92 Å². The second-order valence-electron chi connectivity index (χ2n) is 6.48. The van der Waals surface area contributed by atoms with Gasteiger partial charge in [-0.3, -0.25) is 10.1 Å². The van der Waals surface area contributed by atoms with Crippen LogP contribution in [-0.4, -0.2) is 23.6 Å². The number of hydrogen-bond donors (Lipinski definition) is 1. The van der Waals surface area contributed by atoms with E-state index in [2.05, 4.69) is 10.3 Å². The molecule has 0 spiro atoms. The molecule has 0 aliphatic carbocycles. The molecule has 0 saturated carbocycles. The Kier molecular flexibility index (Phi) is 6.54. The number of amides is 1. The Morgan fingerprint density at radius 3 is 2.64 bits per heavy atom. The Morgan fingerprint density at radius 1 is 1.21 bits per heavy atom. The predicted octanol–water partition coefficient (Wildman–Crippen LogP) is 5.58. The maximum Gasteiger partial charge on any atom is 0.264 e. The number of halogens is 1. The lowest BCUT2D eigenvalue weighted by Gasteiger charge is -2.09. The van der Waals surface area contributed by atoms with Gasteiger partial charge in [-0.2, -0.15) is 0 Å². The molecule has 0 saturated heterocycles. The van der Waals surface area contributed by atoms with Crippen molar-refractivity contribution in [2.75, 3.05) is 11.9 Å². The molecule has 2 aromatic carbocycles. The van der Waals surface area contributed by atoms with Gasteiger partial charge < -0.3 is 9.47 Å². The first-order valence-corrected chi connectivity index (χ1v) is 10.1. The summed E-state index contributed by atoms with van der Waals surface area (Å²) in [6, 6.07) is 13.0. The van der Waals surface area contributed by atoms with Crippen LogP contribution >= 0.6 is 22.9 Å². The standard InChI is InChI=1S/C21H21ClN2O3S/c1-13(2)27-17-7-4-15(5-8-17)18-12-28-21(23-18)24-20(25)11-26-19-9-6-16(22)10-14(19)3/h4-10,12-13H,11H2,1-3H3,(H,23,24,25). The summed E-state index contributed by atoms with van der Waals surface area (Å²) in [6.07, 6.45) is 0.130. The van der Waals surface area contributed by atoms with E-state index in [-0.39, 0.29) is 18.6 Å². The lowest BCUT2D eigenvalue weighted by Crippen LogP contribution is -2.20. The first kappa shape index (κ1) is 20.2. The molecule has 3 rings (SSSR count). The molecule has 0 radical (unpaired) electrons. The van der Waals surface area contributed by atoms with E-state index in [0.29, 0.717) is 15.9 Å². The topological polar surface area (TPSA) is 60.5 Å². The third-order valence-electron chi connectivity index (χ3n) is 3.77. The fourth-order valence-corrected chi connectivity index (χ4v) is 3.48. The van der Waals surface area contributed by atoms with Crippen LogP contribution in [0.15, 0.2) is 47.8 Å². The van der Waals surface area contributed by atoms with Crippen molar-refractivity contribution >= 4 is 34.0 Å². The second-order valence-corrected chi connectivity index (χ2v) is 7.77. The molecule has 1 heterocycles. The molecule has 0 bridgehead atoms. The molecule has 146 valence electrons. The molecule has 1 N–H and O–H groups in total. The van der Waals surface area contributed by atoms with E-state index in [9.17, 15) is 4.79 Å². The minimum absolute atomic E-state index is 0.0986. The van der Waals surface area contributed by atoms with Gasteiger partial charge in [-0.1, -0.05) is 11.6 Å². The van der Waals surface area contributed by atoms with E-state index in [1.807, 2.05) is 50.4 Å². The highest BCUT2D eigenvalue weighted by atomic mass is 35.5. The number of aromatic nitrogens is 1. The van der Waals surface area contributed by atoms with Crippen LogP contribution in [0.2, 0.25) is 5.02 Å². The molecule has 1 aromatic heterocycles. The smallest absolute Gasteiger partial charge is 0.264 e. The van der Waals surface area contributed by atoms with E-state index in [1.165, 1.54) is 11.3 Å². The number of thiazole rings is 1. The highest BCUT2D eigenvalue weighted by Crippen LogP contribution is 2.27. The van der Waals surface area contributed by atoms with E-state index < -0.39 is 0 Å². The summed E-state index contributed by atoms with van der Waals surface area (Å²) < 4.78 is 11.2. The van der Waals surface area contributed by atoms with Gasteiger partial charge in [0.1, 0.15) is 11.5 Å². The van der Waals surface area contributed by atoms with Gasteiger partial charge in [-0.05, 0) is 68.8 Å². The molecule has 5 nitrogen and oxygen atoms in total. The zero-order valence-corrected chi connectivity index (χ0v) is 17.4. The van der Waals surface area contributed by atoms with Gasteiger partial charge in [0.25, 0.3) is 5.91 Å². The van der Waals surface area contributed by atoms with Gasteiger partial charge in [0.15, 0.2) is 11.7 Å². The quantitative estimate of drug-likeness (QED) is 0.546. The molecule has 0 unspecified atom stereocenters. The van der Waals surface area contributed by atoms with Crippen molar-refractivity contribution in [1.29, 1.82) is 0 Å². The number of nitrogens with zero attached hydrogens (tertiary/aromatic N) is 1. The lowest BCUT2D eigenvalue weighted by atomic mass is 10.2. The van der Waals surface area contributed by atoms with Crippen LogP contribution in [0.25, 0.3) is 11.3 Å². The van der Waals surface area contributed by atoms with Crippen LogP contribution in [0.1, 0.15) is 19.4 Å². The van der Waals surface area contributed by atoms with Crippen molar-refractivity contribution in [1.82, 2.24) is 4.98 Å². The van der Waals surface area contributed by atoms with Gasteiger partial charge in [0.2, 0.25) is 0 Å². The van der Waals surface area contributed by atoms with Gasteiger partial charge >= 0.3 is 0 Å². The summed E-state index contributed by atoms with van der Waals surface area (Å²) in [6.45, 7) is 5.75. The Morgan fingerprint density at radius 2 is 1.96 bits per heavy atom. The third-order valence-corrected chi connectivity index (χ3v) is 4.76. The summed E-state index contributed by atoms with van der Waals surface area (Å²) in [5, 5.41) is 5.82. The Hall–Kier alpha value is -2.57. The molecular weight excluding hydrogens is 396 g/mol. The molecular formula is C21H21ClN2O3S. The molecule has 7 heteroatoms. The van der Waals surface area contributed by atoms with E-state index in [0.717, 1.165) is 22.6 Å². The van der Waals surface area contributed by atoms with Crippen LogP contribution in [0.4, 0.5) is 5.13 Å². The van der Waals surface area contributed by atoms with Crippen molar-refractivity contribution in [3.05, 3.63) is 58.4 Å². The summed E-state index contributed by atoms with van der Waals surface area (Å²) in [7, 11) is 0. The number of carbonyl (C=O) groups excluding carboxylic acids is 1. The zero-order valence-electron chi connectivity index (χ0n) is 15.9. The van der Waals surface area contributed by atoms with Crippen LogP contribution in [0.3, 0.4) is 0 Å². The number of hydrogen-bond acceptors (Lipinski definition) is 5. The minimum Gasteiger partial charge on any atom is -0.491 e. The molecule has 0 aliphatic heterocycles. The Balaban J connectivity index is 1.57. The summed E-state index contributed by atoms with van der Waals surface area (Å²) in [5.74, 6) is 1.18. The highest BCUT2D eigenvalue weighted by Gasteiger charge is 2.10. The maximum absolute atomic E-state index is 12.1. The predicted molar refractivity (Wildman–Crippen MR) is 114 cm³/mol. The molecule has 0 aliphatic rings. The van der Waals surface area contributed by atoms with E-state index in [1.54, 1.807) is 18.2 Å². The fraction of sp³-hybridized carbons (Fsp3) is 0.238. The highest BCUT2D eigenvalue weighted by molar-refractivity contribution is 7.14.